The SMILES string of the molecule is CCCC(=O)N1CCCC(NC(=O)C(O)c2ccc(C(F)(F)F)cc2)C1. The fourth-order valence-electron chi connectivity index (χ4n) is 2.98. The number of benzene rings is 1. The standard InChI is InChI=1S/C18H23F3N2O3/c1-2-4-15(24)23-10-3-5-14(11-23)22-17(26)16(25)12-6-8-13(9-7-12)18(19,20)21/h6-9,14,16,25H,2-5,10-11H2,1H3,(H,22,26). The van der Waals surface area contributed by atoms with Crippen LogP contribution in [0.15, 0.2) is 24.3 Å². The lowest BCUT2D eigenvalue weighted by atomic mass is 10.0. The Morgan fingerprint density at radius 2 is 1.96 bits per heavy atom. The van der Waals surface area contributed by atoms with Gasteiger partial charge in [0.05, 0.1) is 5.56 Å². The number of amides is 2. The van der Waals surface area contributed by atoms with Crippen molar-refractivity contribution in [3.8, 4) is 0 Å². The van der Waals surface area contributed by atoms with Crippen LogP contribution in [0.4, 0.5) is 13.2 Å². The van der Waals surface area contributed by atoms with Crippen LogP contribution in [0.3, 0.4) is 0 Å². The average Bonchev–Trinajstić information content (AvgIpc) is 2.61. The Morgan fingerprint density at radius 3 is 2.54 bits per heavy atom. The fourth-order valence-corrected chi connectivity index (χ4v) is 2.98. The number of aliphatic hydroxyl groups is 1. The van der Waals surface area contributed by atoms with Gasteiger partial charge in [0.2, 0.25) is 5.91 Å². The first-order chi connectivity index (χ1) is 12.2. The van der Waals surface area contributed by atoms with E-state index in [9.17, 15) is 27.9 Å². The molecule has 0 aliphatic carbocycles. The number of rotatable bonds is 5. The molecule has 1 aliphatic heterocycles. The van der Waals surface area contributed by atoms with Gasteiger partial charge < -0.3 is 15.3 Å². The van der Waals surface area contributed by atoms with Crippen LogP contribution in [0.25, 0.3) is 0 Å². The molecule has 2 N–H and O–H groups in total. The summed E-state index contributed by atoms with van der Waals surface area (Å²) in [6.07, 6.45) is -3.40. The number of carbonyl (C=O) groups is 2. The van der Waals surface area contributed by atoms with Gasteiger partial charge in [-0.25, -0.2) is 0 Å². The van der Waals surface area contributed by atoms with E-state index in [0.717, 1.165) is 37.1 Å². The van der Waals surface area contributed by atoms with Gasteiger partial charge in [0.25, 0.3) is 5.91 Å². The molecular formula is C18H23F3N2O3. The van der Waals surface area contributed by atoms with Gasteiger partial charge in [-0.1, -0.05) is 19.1 Å². The normalized spacial score (nSPS) is 19.1. The highest BCUT2D eigenvalue weighted by Crippen LogP contribution is 2.30. The smallest absolute Gasteiger partial charge is 0.378 e. The van der Waals surface area contributed by atoms with E-state index in [1.54, 1.807) is 4.90 Å². The third-order valence-corrected chi connectivity index (χ3v) is 4.39. The van der Waals surface area contributed by atoms with Crippen LogP contribution in [0.2, 0.25) is 0 Å². The highest BCUT2D eigenvalue weighted by molar-refractivity contribution is 5.82. The van der Waals surface area contributed by atoms with Crippen molar-refractivity contribution in [3.63, 3.8) is 0 Å². The molecule has 1 aliphatic rings. The lowest BCUT2D eigenvalue weighted by Crippen LogP contribution is -2.50. The zero-order chi connectivity index (χ0) is 19.3. The number of nitrogens with zero attached hydrogens (tertiary/aromatic N) is 1. The van der Waals surface area contributed by atoms with Crippen LogP contribution in [0.1, 0.15) is 49.8 Å². The Balaban J connectivity index is 1.95. The second-order valence-electron chi connectivity index (χ2n) is 6.46. The molecular weight excluding hydrogens is 349 g/mol. The number of halogens is 3. The van der Waals surface area contributed by atoms with E-state index in [2.05, 4.69) is 5.32 Å². The van der Waals surface area contributed by atoms with Gasteiger partial charge in [-0.2, -0.15) is 13.2 Å². The third-order valence-electron chi connectivity index (χ3n) is 4.39. The van der Waals surface area contributed by atoms with Crippen LogP contribution in [-0.4, -0.2) is 41.0 Å². The fraction of sp³-hybridized carbons (Fsp3) is 0.556. The van der Waals surface area contributed by atoms with E-state index in [1.165, 1.54) is 0 Å². The Hall–Kier alpha value is -2.09. The van der Waals surface area contributed by atoms with Gasteiger partial charge >= 0.3 is 6.18 Å². The Kier molecular flexibility index (Phi) is 6.63. The van der Waals surface area contributed by atoms with E-state index < -0.39 is 23.8 Å². The predicted octanol–water partition coefficient (Wildman–Crippen LogP) is 2.65. The molecule has 144 valence electrons. The molecule has 0 radical (unpaired) electrons. The molecule has 0 spiro atoms. The van der Waals surface area contributed by atoms with Crippen molar-refractivity contribution in [2.45, 2.75) is 50.9 Å². The molecule has 1 heterocycles. The molecule has 1 saturated heterocycles. The molecule has 5 nitrogen and oxygen atoms in total. The van der Waals surface area contributed by atoms with E-state index in [1.807, 2.05) is 6.92 Å². The number of hydrogen-bond donors (Lipinski definition) is 2. The van der Waals surface area contributed by atoms with E-state index in [-0.39, 0.29) is 17.5 Å². The van der Waals surface area contributed by atoms with Gasteiger partial charge in [-0.3, -0.25) is 9.59 Å². The molecule has 2 rings (SSSR count). The molecule has 2 atom stereocenters. The van der Waals surface area contributed by atoms with Gasteiger partial charge in [0, 0.05) is 25.6 Å². The summed E-state index contributed by atoms with van der Waals surface area (Å²) in [5.41, 5.74) is -0.753. The molecule has 26 heavy (non-hydrogen) atoms. The highest BCUT2D eigenvalue weighted by Gasteiger charge is 2.31. The quantitative estimate of drug-likeness (QED) is 0.835. The monoisotopic (exact) mass is 372 g/mol. The summed E-state index contributed by atoms with van der Waals surface area (Å²) < 4.78 is 37.7. The maximum absolute atomic E-state index is 12.6. The predicted molar refractivity (Wildman–Crippen MR) is 89.1 cm³/mol. The lowest BCUT2D eigenvalue weighted by Gasteiger charge is -2.33. The summed E-state index contributed by atoms with van der Waals surface area (Å²) in [4.78, 5) is 25.9. The molecule has 0 aromatic heterocycles. The topological polar surface area (TPSA) is 69.6 Å². The summed E-state index contributed by atoms with van der Waals surface area (Å²) >= 11 is 0. The van der Waals surface area contributed by atoms with Crippen molar-refractivity contribution in [2.75, 3.05) is 13.1 Å². The molecule has 0 bridgehead atoms. The zero-order valence-electron chi connectivity index (χ0n) is 14.6. The van der Waals surface area contributed by atoms with Crippen molar-refractivity contribution < 1.29 is 27.9 Å². The van der Waals surface area contributed by atoms with Crippen LogP contribution >= 0.6 is 0 Å². The number of carbonyl (C=O) groups excluding carboxylic acids is 2. The Bertz CT molecular complexity index is 632. The molecule has 1 aromatic carbocycles. The largest absolute Gasteiger partial charge is 0.416 e. The van der Waals surface area contributed by atoms with Crippen LogP contribution < -0.4 is 5.32 Å². The molecule has 2 unspecified atom stereocenters. The summed E-state index contributed by atoms with van der Waals surface area (Å²) in [5, 5.41) is 12.8. The Labute approximate surface area is 150 Å². The van der Waals surface area contributed by atoms with Gasteiger partial charge in [0.15, 0.2) is 6.10 Å². The molecule has 0 saturated carbocycles. The summed E-state index contributed by atoms with van der Waals surface area (Å²) in [6.45, 7) is 2.94. The maximum Gasteiger partial charge on any atom is 0.416 e. The van der Waals surface area contributed by atoms with E-state index >= 15 is 0 Å². The number of aliphatic hydroxyl groups excluding tert-OH is 1. The van der Waals surface area contributed by atoms with Crippen LogP contribution in [0, 0.1) is 0 Å². The van der Waals surface area contributed by atoms with E-state index in [4.69, 9.17) is 0 Å². The summed E-state index contributed by atoms with van der Waals surface area (Å²) in [6, 6.07) is 3.56. The number of piperidine rings is 1. The van der Waals surface area contributed by atoms with Crippen molar-refractivity contribution in [2.24, 2.45) is 0 Å². The number of hydrogen-bond acceptors (Lipinski definition) is 3. The minimum atomic E-state index is -4.47. The lowest BCUT2D eigenvalue weighted by molar-refractivity contribution is -0.137. The summed E-state index contributed by atoms with van der Waals surface area (Å²) in [5.74, 6) is -0.644. The first kappa shape index (κ1) is 20.2. The van der Waals surface area contributed by atoms with Gasteiger partial charge in [-0.15, -0.1) is 0 Å². The van der Waals surface area contributed by atoms with Crippen molar-refractivity contribution in [1.82, 2.24) is 10.2 Å². The second-order valence-corrected chi connectivity index (χ2v) is 6.46. The van der Waals surface area contributed by atoms with E-state index in [0.29, 0.717) is 25.9 Å². The number of alkyl halides is 3. The van der Waals surface area contributed by atoms with Gasteiger partial charge in [0.1, 0.15) is 0 Å². The second kappa shape index (κ2) is 8.53. The average molecular weight is 372 g/mol. The summed E-state index contributed by atoms with van der Waals surface area (Å²) in [7, 11) is 0. The minimum absolute atomic E-state index is 0.0368. The minimum Gasteiger partial charge on any atom is -0.378 e. The van der Waals surface area contributed by atoms with Crippen molar-refractivity contribution in [3.05, 3.63) is 35.4 Å². The van der Waals surface area contributed by atoms with Crippen LogP contribution in [0.5, 0.6) is 0 Å². The van der Waals surface area contributed by atoms with Crippen molar-refractivity contribution in [1.29, 1.82) is 0 Å². The molecule has 1 aromatic rings. The van der Waals surface area contributed by atoms with Crippen molar-refractivity contribution >= 4 is 11.8 Å². The van der Waals surface area contributed by atoms with Gasteiger partial charge in [-0.05, 0) is 37.0 Å². The molecule has 1 fully saturated rings. The first-order valence-corrected chi connectivity index (χ1v) is 8.65. The van der Waals surface area contributed by atoms with Crippen LogP contribution in [-0.2, 0) is 15.8 Å². The third kappa shape index (κ3) is 5.20. The Morgan fingerprint density at radius 1 is 1.31 bits per heavy atom. The molecule has 2 amide bonds. The first-order valence-electron chi connectivity index (χ1n) is 8.65. The molecule has 8 heteroatoms. The highest BCUT2D eigenvalue weighted by atomic mass is 19.4. The number of likely N-dealkylation sites (tertiary alicyclic amines) is 1. The zero-order valence-corrected chi connectivity index (χ0v) is 14.6. The number of nitrogens with one attached hydrogen (secondary N) is 1. The maximum atomic E-state index is 12.6.